The van der Waals surface area contributed by atoms with E-state index in [9.17, 15) is 8.42 Å². The topological polar surface area (TPSA) is 85.3 Å². The van der Waals surface area contributed by atoms with Crippen LogP contribution in [0, 0.1) is 6.92 Å². The van der Waals surface area contributed by atoms with Crippen molar-refractivity contribution < 1.29 is 12.8 Å². The van der Waals surface area contributed by atoms with E-state index in [1.165, 1.54) is 12.1 Å². The number of rotatable bonds is 7. The minimum Gasteiger partial charge on any atom is -0.460 e. The van der Waals surface area contributed by atoms with Crippen LogP contribution in [0.25, 0.3) is 11.3 Å². The molecule has 3 aromatic rings. The van der Waals surface area contributed by atoms with Gasteiger partial charge in [0.05, 0.1) is 11.4 Å². The van der Waals surface area contributed by atoms with Gasteiger partial charge in [-0.05, 0) is 61.3 Å². The summed E-state index contributed by atoms with van der Waals surface area (Å²) < 4.78 is 28.4. The van der Waals surface area contributed by atoms with Crippen LogP contribution in [0.2, 0.25) is 5.02 Å². The second-order valence-corrected chi connectivity index (χ2v) is 8.31. The smallest absolute Gasteiger partial charge is 0.238 e. The summed E-state index contributed by atoms with van der Waals surface area (Å²) in [5.41, 5.74) is 3.02. The second-order valence-electron chi connectivity index (χ2n) is 6.35. The summed E-state index contributed by atoms with van der Waals surface area (Å²) in [7, 11) is -3.64. The van der Waals surface area contributed by atoms with Gasteiger partial charge in [-0.2, -0.15) is 0 Å². The Kier molecular flexibility index (Phi) is 7.69. The number of sulfonamides is 1. The van der Waals surface area contributed by atoms with Gasteiger partial charge in [-0.3, -0.25) is 0 Å². The molecular weight excluding hydrogens is 419 g/mol. The van der Waals surface area contributed by atoms with Gasteiger partial charge in [0.2, 0.25) is 10.0 Å². The van der Waals surface area contributed by atoms with Crippen LogP contribution in [0.3, 0.4) is 0 Å². The van der Waals surface area contributed by atoms with Crippen molar-refractivity contribution in [1.29, 1.82) is 0 Å². The van der Waals surface area contributed by atoms with E-state index in [1.54, 1.807) is 12.1 Å². The molecule has 1 heterocycles. The number of benzene rings is 2. The molecule has 0 aliphatic rings. The van der Waals surface area contributed by atoms with Crippen molar-refractivity contribution in [3.05, 3.63) is 76.5 Å². The van der Waals surface area contributed by atoms with Gasteiger partial charge in [0, 0.05) is 10.6 Å². The maximum atomic E-state index is 11.2. The molecule has 0 unspecified atom stereocenters. The summed E-state index contributed by atoms with van der Waals surface area (Å²) in [6.45, 7) is 3.31. The third-order valence-corrected chi connectivity index (χ3v) is 5.60. The molecule has 0 saturated heterocycles. The molecule has 0 bridgehead atoms. The number of primary sulfonamides is 1. The molecule has 0 amide bonds. The molecule has 3 rings (SSSR count). The zero-order valence-corrected chi connectivity index (χ0v) is 17.7. The number of hydrogen-bond donors (Lipinski definition) is 2. The Morgan fingerprint density at radius 3 is 2.43 bits per heavy atom. The summed E-state index contributed by atoms with van der Waals surface area (Å²) in [6.07, 6.45) is 0.770. The van der Waals surface area contributed by atoms with Gasteiger partial charge in [-0.15, -0.1) is 12.4 Å². The maximum absolute atomic E-state index is 11.2. The first kappa shape index (κ1) is 22.5. The van der Waals surface area contributed by atoms with Crippen LogP contribution < -0.4 is 10.5 Å². The van der Waals surface area contributed by atoms with Crippen LogP contribution in [0.4, 0.5) is 0 Å². The normalized spacial score (nSPS) is 11.2. The Morgan fingerprint density at radius 2 is 1.79 bits per heavy atom. The molecular formula is C20H22Cl2N2O3S. The van der Waals surface area contributed by atoms with E-state index in [4.69, 9.17) is 21.2 Å². The fourth-order valence-electron chi connectivity index (χ4n) is 2.66. The lowest BCUT2D eigenvalue weighted by atomic mass is 10.1. The fourth-order valence-corrected chi connectivity index (χ4v) is 3.36. The monoisotopic (exact) mass is 440 g/mol. The van der Waals surface area contributed by atoms with Crippen LogP contribution in [-0.4, -0.2) is 15.0 Å². The average molecular weight is 441 g/mol. The molecule has 1 aromatic heterocycles. The van der Waals surface area contributed by atoms with Gasteiger partial charge in [-0.1, -0.05) is 35.9 Å². The molecule has 0 aliphatic carbocycles. The molecule has 2 aromatic carbocycles. The number of aryl methyl sites for hydroxylation is 1. The van der Waals surface area contributed by atoms with E-state index in [-0.39, 0.29) is 17.3 Å². The van der Waals surface area contributed by atoms with Gasteiger partial charge < -0.3 is 9.73 Å². The SMILES string of the molecule is Cc1ccc(-c2ccc(CNCCc3ccc(S(N)(=O)=O)cc3)o2)cc1Cl.Cl. The fraction of sp³-hybridized carbons (Fsp3) is 0.200. The number of furan rings is 1. The predicted molar refractivity (Wildman–Crippen MR) is 114 cm³/mol. The maximum Gasteiger partial charge on any atom is 0.238 e. The highest BCUT2D eigenvalue weighted by Crippen LogP contribution is 2.26. The summed E-state index contributed by atoms with van der Waals surface area (Å²) in [6, 6.07) is 16.3. The van der Waals surface area contributed by atoms with E-state index in [0.717, 1.165) is 46.2 Å². The molecule has 3 N–H and O–H groups in total. The van der Waals surface area contributed by atoms with Crippen molar-refractivity contribution in [2.75, 3.05) is 6.54 Å². The largest absolute Gasteiger partial charge is 0.460 e. The lowest BCUT2D eigenvalue weighted by molar-refractivity contribution is 0.494. The summed E-state index contributed by atoms with van der Waals surface area (Å²) in [5.74, 6) is 1.62. The third-order valence-electron chi connectivity index (χ3n) is 4.26. The first-order valence-electron chi connectivity index (χ1n) is 8.50. The Balaban J connectivity index is 0.00000280. The molecule has 0 atom stereocenters. The summed E-state index contributed by atoms with van der Waals surface area (Å²) in [5, 5.41) is 9.13. The van der Waals surface area contributed by atoms with Crippen molar-refractivity contribution in [3.8, 4) is 11.3 Å². The lowest BCUT2D eigenvalue weighted by Crippen LogP contribution is -2.16. The molecule has 28 heavy (non-hydrogen) atoms. The first-order chi connectivity index (χ1) is 12.8. The minimum atomic E-state index is -3.64. The molecule has 0 spiro atoms. The van der Waals surface area contributed by atoms with Crippen LogP contribution >= 0.6 is 24.0 Å². The number of nitrogens with two attached hydrogens (primary N) is 1. The molecule has 0 fully saturated rings. The highest BCUT2D eigenvalue weighted by molar-refractivity contribution is 7.89. The minimum absolute atomic E-state index is 0. The number of nitrogens with one attached hydrogen (secondary N) is 1. The molecule has 0 saturated carbocycles. The van der Waals surface area contributed by atoms with Gasteiger partial charge in [0.15, 0.2) is 0 Å². The second kappa shape index (κ2) is 9.58. The lowest BCUT2D eigenvalue weighted by Gasteiger charge is -2.05. The zero-order valence-electron chi connectivity index (χ0n) is 15.3. The van der Waals surface area contributed by atoms with Crippen LogP contribution in [0.5, 0.6) is 0 Å². The van der Waals surface area contributed by atoms with Crippen LogP contribution in [0.1, 0.15) is 16.9 Å². The zero-order chi connectivity index (χ0) is 19.4. The number of halogens is 2. The van der Waals surface area contributed by atoms with Crippen LogP contribution in [0.15, 0.2) is 63.9 Å². The Morgan fingerprint density at radius 1 is 1.07 bits per heavy atom. The van der Waals surface area contributed by atoms with E-state index in [0.29, 0.717) is 6.54 Å². The molecule has 150 valence electrons. The van der Waals surface area contributed by atoms with E-state index in [2.05, 4.69) is 5.32 Å². The molecule has 0 radical (unpaired) electrons. The molecule has 5 nitrogen and oxygen atoms in total. The van der Waals surface area contributed by atoms with Crippen molar-refractivity contribution in [2.24, 2.45) is 5.14 Å². The highest BCUT2D eigenvalue weighted by Gasteiger charge is 2.08. The van der Waals surface area contributed by atoms with E-state index in [1.807, 2.05) is 37.3 Å². The van der Waals surface area contributed by atoms with Crippen molar-refractivity contribution in [2.45, 2.75) is 24.8 Å². The van der Waals surface area contributed by atoms with Crippen molar-refractivity contribution in [3.63, 3.8) is 0 Å². The Labute approximate surface area is 176 Å². The van der Waals surface area contributed by atoms with E-state index < -0.39 is 10.0 Å². The van der Waals surface area contributed by atoms with Gasteiger partial charge in [0.25, 0.3) is 0 Å². The van der Waals surface area contributed by atoms with E-state index >= 15 is 0 Å². The Bertz CT molecular complexity index is 1030. The van der Waals surface area contributed by atoms with Gasteiger partial charge in [-0.25, -0.2) is 13.6 Å². The van der Waals surface area contributed by atoms with Crippen LogP contribution in [-0.2, 0) is 23.0 Å². The highest BCUT2D eigenvalue weighted by atomic mass is 35.5. The average Bonchev–Trinajstić information content (AvgIpc) is 3.10. The predicted octanol–water partition coefficient (Wildman–Crippen LogP) is 4.31. The summed E-state index contributed by atoms with van der Waals surface area (Å²) >= 11 is 6.17. The van der Waals surface area contributed by atoms with Crippen molar-refractivity contribution >= 4 is 34.0 Å². The Hall–Kier alpha value is -1.83. The first-order valence-corrected chi connectivity index (χ1v) is 10.4. The van der Waals surface area contributed by atoms with Crippen molar-refractivity contribution in [1.82, 2.24) is 5.32 Å². The standard InChI is InChI=1S/C20H21ClN2O3S.ClH/c1-14-2-5-16(12-19(14)21)20-9-6-17(26-20)13-23-11-10-15-3-7-18(8-4-15)27(22,24)25;/h2-9,12,23H,10-11,13H2,1H3,(H2,22,24,25);1H. The molecule has 8 heteroatoms. The number of hydrogen-bond acceptors (Lipinski definition) is 4. The third kappa shape index (κ3) is 5.83. The quantitative estimate of drug-likeness (QED) is 0.535. The molecule has 0 aliphatic heterocycles. The summed E-state index contributed by atoms with van der Waals surface area (Å²) in [4.78, 5) is 0.124. The van der Waals surface area contributed by atoms with Gasteiger partial charge in [0.1, 0.15) is 11.5 Å². The van der Waals surface area contributed by atoms with Gasteiger partial charge >= 0.3 is 0 Å².